The lowest BCUT2D eigenvalue weighted by atomic mass is 10.0. The quantitative estimate of drug-likeness (QED) is 0.456. The number of nitrogens with zero attached hydrogens (tertiary/aromatic N) is 2. The van der Waals surface area contributed by atoms with E-state index in [0.29, 0.717) is 11.4 Å². The first-order valence-electron chi connectivity index (χ1n) is 10.7. The van der Waals surface area contributed by atoms with Gasteiger partial charge in [-0.1, -0.05) is 35.9 Å². The van der Waals surface area contributed by atoms with Crippen LogP contribution in [-0.4, -0.2) is 31.5 Å². The van der Waals surface area contributed by atoms with Crippen molar-refractivity contribution in [3.63, 3.8) is 0 Å². The molecule has 7 heteroatoms. The molecule has 0 amide bonds. The molecule has 0 fully saturated rings. The van der Waals surface area contributed by atoms with Crippen molar-refractivity contribution in [2.45, 2.75) is 24.2 Å². The van der Waals surface area contributed by atoms with Gasteiger partial charge in [-0.15, -0.1) is 0 Å². The summed E-state index contributed by atoms with van der Waals surface area (Å²) in [6, 6.07) is 21.9. The van der Waals surface area contributed by atoms with Gasteiger partial charge in [0.05, 0.1) is 12.0 Å². The predicted molar refractivity (Wildman–Crippen MR) is 133 cm³/mol. The molecule has 3 aromatic carbocycles. The summed E-state index contributed by atoms with van der Waals surface area (Å²) in [6.45, 7) is 1.34. The number of benzene rings is 3. The van der Waals surface area contributed by atoms with Crippen LogP contribution in [-0.2, 0) is 22.8 Å². The highest BCUT2D eigenvalue weighted by Gasteiger charge is 2.21. The molecule has 1 unspecified atom stereocenters. The Labute approximate surface area is 195 Å². The number of para-hydroxylation sites is 1. The van der Waals surface area contributed by atoms with Crippen molar-refractivity contribution >= 4 is 32.9 Å². The van der Waals surface area contributed by atoms with Crippen LogP contribution in [0.1, 0.15) is 17.5 Å². The van der Waals surface area contributed by atoms with Crippen LogP contribution in [0.2, 0.25) is 5.02 Å². The molecule has 0 bridgehead atoms. The van der Waals surface area contributed by atoms with E-state index in [2.05, 4.69) is 44.3 Å². The number of aryl methyl sites for hydroxylation is 2. The number of anilines is 2. The number of methoxy groups -OCH3 is 1. The summed E-state index contributed by atoms with van der Waals surface area (Å²) in [5, 5.41) is 0.735. The lowest BCUT2D eigenvalue weighted by Gasteiger charge is -2.27. The summed E-state index contributed by atoms with van der Waals surface area (Å²) in [4.78, 5) is 2.99. The Kier molecular flexibility index (Phi) is 7.04. The van der Waals surface area contributed by atoms with Gasteiger partial charge in [-0.25, -0.2) is 13.3 Å². The van der Waals surface area contributed by atoms with Gasteiger partial charge in [0.15, 0.2) is 0 Å². The molecule has 1 aliphatic rings. The lowest BCUT2D eigenvalue weighted by molar-refractivity contribution is 0.414. The second kappa shape index (κ2) is 9.94. The second-order valence-electron chi connectivity index (χ2n) is 7.69. The third kappa shape index (κ3) is 4.77. The van der Waals surface area contributed by atoms with Crippen LogP contribution in [0.5, 0.6) is 5.75 Å². The molecule has 0 aliphatic carbocycles. The SMILES string of the molecule is CN=S(=O)(NCCCN1c2ccccc2CCc2ccc(Cl)cc21)c1ccc(OC)cc1. The minimum atomic E-state index is -2.69. The number of nitrogens with one attached hydrogen (secondary N) is 1. The van der Waals surface area contributed by atoms with E-state index in [4.69, 9.17) is 16.3 Å². The summed E-state index contributed by atoms with van der Waals surface area (Å²) in [5.41, 5.74) is 4.99. The first-order valence-corrected chi connectivity index (χ1v) is 12.6. The Morgan fingerprint density at radius 1 is 1.03 bits per heavy atom. The average molecular weight is 470 g/mol. The largest absolute Gasteiger partial charge is 0.497 e. The lowest BCUT2D eigenvalue weighted by Crippen LogP contribution is -2.28. The number of ether oxygens (including phenoxy) is 1. The van der Waals surface area contributed by atoms with Gasteiger partial charge >= 0.3 is 0 Å². The van der Waals surface area contributed by atoms with Gasteiger partial charge in [0.1, 0.15) is 15.7 Å². The Morgan fingerprint density at radius 2 is 1.75 bits per heavy atom. The Balaban J connectivity index is 1.51. The highest BCUT2D eigenvalue weighted by Crippen LogP contribution is 2.37. The summed E-state index contributed by atoms with van der Waals surface area (Å²) < 4.78 is 25.9. The highest BCUT2D eigenvalue weighted by molar-refractivity contribution is 7.91. The van der Waals surface area contributed by atoms with E-state index in [9.17, 15) is 4.21 Å². The molecule has 4 rings (SSSR count). The number of halogens is 1. The minimum absolute atomic E-state index is 0.566. The maximum absolute atomic E-state index is 13.4. The Morgan fingerprint density at radius 3 is 2.47 bits per heavy atom. The maximum atomic E-state index is 13.4. The van der Waals surface area contributed by atoms with Gasteiger partial charge in [0.2, 0.25) is 0 Å². The van der Waals surface area contributed by atoms with Crippen molar-refractivity contribution in [1.29, 1.82) is 0 Å². The summed E-state index contributed by atoms with van der Waals surface area (Å²) >= 11 is 6.35. The van der Waals surface area contributed by atoms with E-state index >= 15 is 0 Å². The van der Waals surface area contributed by atoms with E-state index < -0.39 is 9.92 Å². The fourth-order valence-electron chi connectivity index (χ4n) is 4.09. The molecule has 168 valence electrons. The molecule has 1 aliphatic heterocycles. The predicted octanol–water partition coefficient (Wildman–Crippen LogP) is 5.64. The van der Waals surface area contributed by atoms with Gasteiger partial charge in [-0.2, -0.15) is 0 Å². The first-order chi connectivity index (χ1) is 15.5. The van der Waals surface area contributed by atoms with E-state index in [1.165, 1.54) is 16.8 Å². The topological polar surface area (TPSA) is 53.9 Å². The molecule has 32 heavy (non-hydrogen) atoms. The molecule has 0 radical (unpaired) electrons. The zero-order valence-electron chi connectivity index (χ0n) is 18.4. The van der Waals surface area contributed by atoms with Gasteiger partial charge < -0.3 is 9.64 Å². The van der Waals surface area contributed by atoms with E-state index in [-0.39, 0.29) is 0 Å². The summed E-state index contributed by atoms with van der Waals surface area (Å²) in [6.07, 6.45) is 2.78. The number of hydrogen-bond donors (Lipinski definition) is 1. The van der Waals surface area contributed by atoms with Crippen LogP contribution < -0.4 is 14.4 Å². The van der Waals surface area contributed by atoms with Gasteiger partial charge in [-0.05, 0) is 72.9 Å². The monoisotopic (exact) mass is 469 g/mol. The fraction of sp³-hybridized carbons (Fsp3) is 0.280. The molecule has 0 spiro atoms. The fourth-order valence-corrected chi connectivity index (χ4v) is 5.69. The first kappa shape index (κ1) is 22.6. The van der Waals surface area contributed by atoms with Crippen LogP contribution in [0.4, 0.5) is 11.4 Å². The molecule has 1 atom stereocenters. The summed E-state index contributed by atoms with van der Waals surface area (Å²) in [5.74, 6) is 0.726. The van der Waals surface area contributed by atoms with Crippen molar-refractivity contribution < 1.29 is 8.95 Å². The van der Waals surface area contributed by atoms with Crippen molar-refractivity contribution in [1.82, 2.24) is 4.72 Å². The molecule has 1 N–H and O–H groups in total. The van der Waals surface area contributed by atoms with Crippen molar-refractivity contribution in [3.05, 3.63) is 82.9 Å². The molecule has 0 saturated heterocycles. The zero-order valence-corrected chi connectivity index (χ0v) is 20.0. The van der Waals surface area contributed by atoms with Crippen LogP contribution >= 0.6 is 11.6 Å². The molecule has 0 aromatic heterocycles. The number of rotatable bonds is 7. The molecule has 1 heterocycles. The molecule has 5 nitrogen and oxygen atoms in total. The highest BCUT2D eigenvalue weighted by atomic mass is 35.5. The van der Waals surface area contributed by atoms with Crippen LogP contribution in [0, 0.1) is 0 Å². The minimum Gasteiger partial charge on any atom is -0.497 e. The molecule has 3 aromatic rings. The zero-order chi connectivity index (χ0) is 22.6. The summed E-state index contributed by atoms with van der Waals surface area (Å²) in [7, 11) is 0.510. The molecule has 0 saturated carbocycles. The average Bonchev–Trinajstić information content (AvgIpc) is 2.98. The van der Waals surface area contributed by atoms with Gasteiger partial charge in [0.25, 0.3) is 0 Å². The van der Waals surface area contributed by atoms with Gasteiger partial charge in [0, 0.05) is 36.5 Å². The van der Waals surface area contributed by atoms with Crippen LogP contribution in [0.25, 0.3) is 0 Å². The third-order valence-electron chi connectivity index (χ3n) is 5.78. The molecular weight excluding hydrogens is 442 g/mol. The smallest absolute Gasteiger partial charge is 0.137 e. The third-order valence-corrected chi connectivity index (χ3v) is 8.03. The van der Waals surface area contributed by atoms with E-state index in [0.717, 1.165) is 42.3 Å². The van der Waals surface area contributed by atoms with Gasteiger partial charge in [-0.3, -0.25) is 0 Å². The number of hydrogen-bond acceptors (Lipinski definition) is 4. The van der Waals surface area contributed by atoms with Crippen LogP contribution in [0.3, 0.4) is 0 Å². The second-order valence-corrected chi connectivity index (χ2v) is 10.3. The van der Waals surface area contributed by atoms with Crippen LogP contribution in [0.15, 0.2) is 76.0 Å². The Hall–Kier alpha value is -2.54. The molecular formula is C25H28ClN3O2S. The van der Waals surface area contributed by atoms with E-state index in [1.807, 2.05) is 12.1 Å². The van der Waals surface area contributed by atoms with Crippen molar-refractivity contribution in [2.24, 2.45) is 4.36 Å². The Bertz CT molecular complexity index is 1200. The van der Waals surface area contributed by atoms with E-state index in [1.54, 1.807) is 38.4 Å². The van der Waals surface area contributed by atoms with Crippen molar-refractivity contribution in [3.8, 4) is 5.75 Å². The van der Waals surface area contributed by atoms with Crippen molar-refractivity contribution in [2.75, 3.05) is 32.1 Å². The maximum Gasteiger partial charge on any atom is 0.137 e. The normalized spacial score (nSPS) is 14.7. The standard InChI is InChI=1S/C25H28ClN3O2S/c1-27-32(30,23-14-12-22(31-2)13-15-23)28-16-5-17-29-24-7-4-3-6-19(24)8-9-20-10-11-21(26)18-25(20)29/h3-4,6-7,10-15,18H,5,8-9,16-17H2,1-2H3,(H,27,28,30). The number of fused-ring (bicyclic) bond motifs is 2.